The molecule has 7 heteroatoms. The summed E-state index contributed by atoms with van der Waals surface area (Å²) < 4.78 is 29.1. The van der Waals surface area contributed by atoms with E-state index in [-0.39, 0.29) is 23.5 Å². The zero-order chi connectivity index (χ0) is 20.7. The zero-order valence-corrected chi connectivity index (χ0v) is 17.2. The molecule has 1 N–H and O–H groups in total. The molecule has 5 rings (SSSR count). The van der Waals surface area contributed by atoms with Crippen molar-refractivity contribution in [2.24, 2.45) is 0 Å². The molecule has 154 valence electrons. The SMILES string of the molecule is O=C(NC1CCS(=O)(=O)C1)c1c2c(nc3ccccc13)/C(=C\c1ccco1)CCC2. The molecule has 0 spiro atoms. The fourth-order valence-corrected chi connectivity index (χ4v) is 6.12. The van der Waals surface area contributed by atoms with E-state index in [2.05, 4.69) is 5.32 Å². The van der Waals surface area contributed by atoms with Gasteiger partial charge >= 0.3 is 0 Å². The first kappa shape index (κ1) is 19.1. The van der Waals surface area contributed by atoms with Gasteiger partial charge in [-0.05, 0) is 61.1 Å². The Kier molecular flexibility index (Phi) is 4.70. The number of nitrogens with zero attached hydrogens (tertiary/aromatic N) is 1. The lowest BCUT2D eigenvalue weighted by Crippen LogP contribution is -2.36. The molecule has 6 nitrogen and oxygen atoms in total. The largest absolute Gasteiger partial charge is 0.465 e. The van der Waals surface area contributed by atoms with Crippen LogP contribution in [0.2, 0.25) is 0 Å². The van der Waals surface area contributed by atoms with Gasteiger partial charge in [0.25, 0.3) is 5.91 Å². The van der Waals surface area contributed by atoms with Crippen LogP contribution in [0.3, 0.4) is 0 Å². The number of para-hydroxylation sites is 1. The van der Waals surface area contributed by atoms with Crippen molar-refractivity contribution < 1.29 is 17.6 Å². The highest BCUT2D eigenvalue weighted by atomic mass is 32.2. The third-order valence-corrected chi connectivity index (χ3v) is 7.59. The molecule has 2 aliphatic rings. The van der Waals surface area contributed by atoms with Gasteiger partial charge < -0.3 is 9.73 Å². The molecule has 0 bridgehead atoms. The van der Waals surface area contributed by atoms with Gasteiger partial charge in [0.1, 0.15) is 5.76 Å². The normalized spacial score (nSPS) is 21.6. The predicted molar refractivity (Wildman–Crippen MR) is 116 cm³/mol. The fourth-order valence-electron chi connectivity index (χ4n) is 4.45. The highest BCUT2D eigenvalue weighted by molar-refractivity contribution is 7.91. The Hall–Kier alpha value is -2.93. The topological polar surface area (TPSA) is 89.3 Å². The summed E-state index contributed by atoms with van der Waals surface area (Å²) in [5.41, 5.74) is 4.18. The molecule has 1 saturated heterocycles. The van der Waals surface area contributed by atoms with Crippen molar-refractivity contribution in [1.82, 2.24) is 10.3 Å². The summed E-state index contributed by atoms with van der Waals surface area (Å²) in [6.45, 7) is 0. The first-order valence-corrected chi connectivity index (χ1v) is 12.0. The summed E-state index contributed by atoms with van der Waals surface area (Å²) in [5, 5.41) is 3.77. The minimum atomic E-state index is -3.07. The maximum Gasteiger partial charge on any atom is 0.252 e. The quantitative estimate of drug-likeness (QED) is 0.696. The van der Waals surface area contributed by atoms with E-state index in [4.69, 9.17) is 9.40 Å². The van der Waals surface area contributed by atoms with E-state index in [1.807, 2.05) is 42.5 Å². The number of sulfone groups is 1. The number of aromatic nitrogens is 1. The monoisotopic (exact) mass is 422 g/mol. The van der Waals surface area contributed by atoms with Crippen LogP contribution in [0.15, 0.2) is 47.1 Å². The van der Waals surface area contributed by atoms with Crippen LogP contribution < -0.4 is 5.32 Å². The summed E-state index contributed by atoms with van der Waals surface area (Å²) in [7, 11) is -3.07. The van der Waals surface area contributed by atoms with E-state index in [1.165, 1.54) is 0 Å². The van der Waals surface area contributed by atoms with Gasteiger partial charge in [0.05, 0.1) is 34.5 Å². The molecule has 1 aromatic carbocycles. The van der Waals surface area contributed by atoms with E-state index in [9.17, 15) is 13.2 Å². The number of amides is 1. The average molecular weight is 423 g/mol. The van der Waals surface area contributed by atoms with Crippen molar-refractivity contribution in [2.75, 3.05) is 11.5 Å². The van der Waals surface area contributed by atoms with E-state index < -0.39 is 9.84 Å². The number of hydrogen-bond donors (Lipinski definition) is 1. The van der Waals surface area contributed by atoms with Crippen LogP contribution in [-0.2, 0) is 16.3 Å². The molecule has 1 fully saturated rings. The molecule has 1 amide bonds. The third kappa shape index (κ3) is 3.54. The van der Waals surface area contributed by atoms with E-state index in [1.54, 1.807) is 6.26 Å². The van der Waals surface area contributed by atoms with Crippen LogP contribution in [0.5, 0.6) is 0 Å². The summed E-state index contributed by atoms with van der Waals surface area (Å²) in [5.74, 6) is 0.678. The highest BCUT2D eigenvalue weighted by Gasteiger charge is 2.31. The molecule has 30 heavy (non-hydrogen) atoms. The number of hydrogen-bond acceptors (Lipinski definition) is 5. The van der Waals surface area contributed by atoms with Gasteiger partial charge in [-0.2, -0.15) is 0 Å². The first-order chi connectivity index (χ1) is 14.5. The van der Waals surface area contributed by atoms with Gasteiger partial charge in [0.2, 0.25) is 0 Å². The molecule has 3 heterocycles. The van der Waals surface area contributed by atoms with E-state index >= 15 is 0 Å². The van der Waals surface area contributed by atoms with Crippen molar-refractivity contribution in [3.63, 3.8) is 0 Å². The molecule has 1 atom stereocenters. The van der Waals surface area contributed by atoms with E-state index in [0.29, 0.717) is 12.0 Å². The number of allylic oxidation sites excluding steroid dienone is 1. The van der Waals surface area contributed by atoms with Crippen molar-refractivity contribution in [1.29, 1.82) is 0 Å². The third-order valence-electron chi connectivity index (χ3n) is 5.82. The Morgan fingerprint density at radius 3 is 2.80 bits per heavy atom. The minimum Gasteiger partial charge on any atom is -0.465 e. The Morgan fingerprint density at radius 1 is 1.17 bits per heavy atom. The predicted octanol–water partition coefficient (Wildman–Crippen LogP) is 3.62. The molecule has 1 aliphatic heterocycles. The second kappa shape index (κ2) is 7.40. The molecule has 1 aliphatic carbocycles. The van der Waals surface area contributed by atoms with Crippen molar-refractivity contribution in [3.05, 3.63) is 65.2 Å². The average Bonchev–Trinajstić information content (AvgIpc) is 3.35. The summed E-state index contributed by atoms with van der Waals surface area (Å²) >= 11 is 0. The van der Waals surface area contributed by atoms with Gasteiger partial charge in [-0.15, -0.1) is 0 Å². The minimum absolute atomic E-state index is 0.00753. The van der Waals surface area contributed by atoms with Crippen molar-refractivity contribution in [2.45, 2.75) is 31.7 Å². The molecule has 0 radical (unpaired) electrons. The maximum atomic E-state index is 13.3. The molecule has 1 unspecified atom stereocenters. The van der Waals surface area contributed by atoms with E-state index in [0.717, 1.165) is 52.8 Å². The number of rotatable bonds is 3. The van der Waals surface area contributed by atoms with Gasteiger partial charge in [0.15, 0.2) is 9.84 Å². The Morgan fingerprint density at radius 2 is 2.03 bits per heavy atom. The van der Waals surface area contributed by atoms with Crippen LogP contribution in [-0.4, -0.2) is 36.9 Å². The maximum absolute atomic E-state index is 13.3. The summed E-state index contributed by atoms with van der Waals surface area (Å²) in [6, 6.07) is 11.0. The zero-order valence-electron chi connectivity index (χ0n) is 16.4. The molecule has 2 aromatic heterocycles. The summed E-state index contributed by atoms with van der Waals surface area (Å²) in [6.07, 6.45) is 6.62. The molecular formula is C23H22N2O4S. The lowest BCUT2D eigenvalue weighted by atomic mass is 9.86. The number of benzene rings is 1. The van der Waals surface area contributed by atoms with Crippen LogP contribution in [0, 0.1) is 0 Å². The number of nitrogens with one attached hydrogen (secondary N) is 1. The Labute approximate surface area is 174 Å². The molecular weight excluding hydrogens is 400 g/mol. The Balaban J connectivity index is 1.61. The second-order valence-electron chi connectivity index (χ2n) is 7.94. The van der Waals surface area contributed by atoms with Gasteiger partial charge in [-0.1, -0.05) is 18.2 Å². The van der Waals surface area contributed by atoms with Crippen LogP contribution in [0.25, 0.3) is 22.6 Å². The standard InChI is InChI=1S/C23H22N2O4S/c26-23(24-16-10-12-30(27,28)14-16)21-18-7-1-2-9-20(18)25-22-15(5-3-8-19(21)22)13-17-6-4-11-29-17/h1-2,4,6-7,9,11,13,16H,3,5,8,10,12,14H2,(H,24,26)/b15-13-. The number of fused-ring (bicyclic) bond motifs is 2. The van der Waals surface area contributed by atoms with Crippen LogP contribution in [0.1, 0.15) is 46.6 Å². The number of furan rings is 1. The second-order valence-corrected chi connectivity index (χ2v) is 10.2. The van der Waals surface area contributed by atoms with Crippen LogP contribution in [0.4, 0.5) is 0 Å². The number of carbonyl (C=O) groups excluding carboxylic acids is 1. The van der Waals surface area contributed by atoms with Crippen molar-refractivity contribution in [3.8, 4) is 0 Å². The lowest BCUT2D eigenvalue weighted by molar-refractivity contribution is 0.0941. The number of pyridine rings is 1. The Bertz CT molecular complexity index is 1260. The molecule has 0 saturated carbocycles. The van der Waals surface area contributed by atoms with Crippen molar-refractivity contribution >= 4 is 38.3 Å². The first-order valence-electron chi connectivity index (χ1n) is 10.2. The highest BCUT2D eigenvalue weighted by Crippen LogP contribution is 2.36. The summed E-state index contributed by atoms with van der Waals surface area (Å²) in [4.78, 5) is 18.2. The van der Waals surface area contributed by atoms with Gasteiger partial charge in [-0.25, -0.2) is 13.4 Å². The van der Waals surface area contributed by atoms with Gasteiger partial charge in [-0.3, -0.25) is 4.79 Å². The molecule has 3 aromatic rings. The smallest absolute Gasteiger partial charge is 0.252 e. The fraction of sp³-hybridized carbons (Fsp3) is 0.304. The lowest BCUT2D eigenvalue weighted by Gasteiger charge is -2.23. The number of carbonyl (C=O) groups is 1. The van der Waals surface area contributed by atoms with Crippen LogP contribution >= 0.6 is 0 Å². The van der Waals surface area contributed by atoms with Gasteiger partial charge in [0, 0.05) is 11.4 Å².